The number of anilines is 2. The summed E-state index contributed by atoms with van der Waals surface area (Å²) in [4.78, 5) is 15.3. The molecule has 1 saturated heterocycles. The summed E-state index contributed by atoms with van der Waals surface area (Å²) in [5.74, 6) is 2.20. The number of likely N-dealkylation sites (N-methyl/N-ethyl adjacent to an activating group) is 1. The van der Waals surface area contributed by atoms with Gasteiger partial charge in [-0.3, -0.25) is 4.98 Å². The molecule has 2 aliphatic rings. The maximum absolute atomic E-state index is 5.94. The van der Waals surface area contributed by atoms with Gasteiger partial charge in [0.1, 0.15) is 6.61 Å². The molecule has 2 unspecified atom stereocenters. The Balaban J connectivity index is 0.000000300. The molecular weight excluding hydrogens is 402 g/mol. The fourth-order valence-electron chi connectivity index (χ4n) is 3.96. The summed E-state index contributed by atoms with van der Waals surface area (Å²) in [6, 6.07) is 14.7. The maximum Gasteiger partial charge on any atom is 0.225 e. The van der Waals surface area contributed by atoms with Crippen LogP contribution < -0.4 is 15.0 Å². The van der Waals surface area contributed by atoms with Crippen LogP contribution in [0.3, 0.4) is 0 Å². The Labute approximate surface area is 189 Å². The Hall–Kier alpha value is -3.19. The largest absolute Gasteiger partial charge is 0.486 e. The lowest BCUT2D eigenvalue weighted by molar-refractivity contribution is 0.0874. The van der Waals surface area contributed by atoms with Crippen LogP contribution in [0.2, 0.25) is 0 Å². The molecule has 1 fully saturated rings. The molecule has 2 aliphatic heterocycles. The van der Waals surface area contributed by atoms with E-state index in [2.05, 4.69) is 58.4 Å². The monoisotopic (exact) mass is 433 g/mol. The predicted octanol–water partition coefficient (Wildman–Crippen LogP) is 4.34. The third-order valence-corrected chi connectivity index (χ3v) is 5.79. The van der Waals surface area contributed by atoms with Gasteiger partial charge in [0.15, 0.2) is 11.6 Å². The average molecular weight is 434 g/mol. The molecular formula is C25H31N5O2. The Morgan fingerprint density at radius 1 is 1.03 bits per heavy atom. The lowest BCUT2D eigenvalue weighted by Gasteiger charge is -2.35. The summed E-state index contributed by atoms with van der Waals surface area (Å²) >= 11 is 0. The second kappa shape index (κ2) is 10.4. The van der Waals surface area contributed by atoms with Gasteiger partial charge in [0.2, 0.25) is 5.95 Å². The van der Waals surface area contributed by atoms with E-state index in [9.17, 15) is 0 Å². The lowest BCUT2D eigenvalue weighted by Crippen LogP contribution is -2.35. The molecule has 0 saturated carbocycles. The molecule has 5 rings (SSSR count). The molecule has 0 spiro atoms. The molecule has 7 nitrogen and oxygen atoms in total. The summed E-state index contributed by atoms with van der Waals surface area (Å²) in [5, 5.41) is 3.39. The van der Waals surface area contributed by atoms with Crippen LogP contribution in [-0.2, 0) is 4.74 Å². The fraction of sp³-hybridized carbons (Fsp3) is 0.400. The third-order valence-electron chi connectivity index (χ3n) is 5.79. The van der Waals surface area contributed by atoms with E-state index in [0.29, 0.717) is 19.2 Å². The lowest BCUT2D eigenvalue weighted by atomic mass is 10.00. The van der Waals surface area contributed by atoms with Crippen molar-refractivity contribution in [3.63, 3.8) is 0 Å². The number of pyridine rings is 1. The van der Waals surface area contributed by atoms with Gasteiger partial charge in [0, 0.05) is 25.5 Å². The van der Waals surface area contributed by atoms with Crippen LogP contribution in [0.15, 0.2) is 54.9 Å². The van der Waals surface area contributed by atoms with Crippen molar-refractivity contribution < 1.29 is 9.47 Å². The normalized spacial score (nSPS) is 19.8. The Morgan fingerprint density at radius 2 is 1.88 bits per heavy atom. The van der Waals surface area contributed by atoms with Crippen molar-refractivity contribution >= 4 is 11.8 Å². The highest BCUT2D eigenvalue weighted by atomic mass is 16.5. The first-order valence-electron chi connectivity index (χ1n) is 11.1. The maximum atomic E-state index is 5.94. The SMILES string of the molecule is Cc1ccccc1C1COc2cnc(NC3CCCOC3)nc2N1C.Cc1ccccn1. The van der Waals surface area contributed by atoms with E-state index in [1.165, 1.54) is 11.1 Å². The van der Waals surface area contributed by atoms with Crippen molar-refractivity contribution in [3.8, 4) is 5.75 Å². The number of hydrogen-bond acceptors (Lipinski definition) is 7. The van der Waals surface area contributed by atoms with Gasteiger partial charge in [0.25, 0.3) is 0 Å². The zero-order chi connectivity index (χ0) is 22.3. The van der Waals surface area contributed by atoms with Crippen LogP contribution in [0.4, 0.5) is 11.8 Å². The van der Waals surface area contributed by atoms with E-state index in [4.69, 9.17) is 14.5 Å². The number of fused-ring (bicyclic) bond motifs is 1. The minimum atomic E-state index is 0.148. The molecule has 2 aromatic heterocycles. The number of benzene rings is 1. The highest BCUT2D eigenvalue weighted by Crippen LogP contribution is 2.37. The van der Waals surface area contributed by atoms with E-state index < -0.39 is 0 Å². The van der Waals surface area contributed by atoms with Crippen LogP contribution in [-0.4, -0.2) is 47.9 Å². The second-order valence-electron chi connectivity index (χ2n) is 8.21. The van der Waals surface area contributed by atoms with E-state index in [1.807, 2.05) is 25.1 Å². The molecule has 4 heterocycles. The van der Waals surface area contributed by atoms with Gasteiger partial charge in [0.05, 0.1) is 24.9 Å². The van der Waals surface area contributed by atoms with Gasteiger partial charge >= 0.3 is 0 Å². The van der Waals surface area contributed by atoms with Crippen molar-refractivity contribution in [1.29, 1.82) is 0 Å². The molecule has 0 bridgehead atoms. The number of hydrogen-bond donors (Lipinski definition) is 1. The first-order chi connectivity index (χ1) is 15.6. The molecule has 3 aromatic rings. The molecule has 2 atom stereocenters. The van der Waals surface area contributed by atoms with Crippen molar-refractivity contribution in [1.82, 2.24) is 15.0 Å². The molecule has 7 heteroatoms. The molecule has 0 radical (unpaired) electrons. The Bertz CT molecular complexity index is 1010. The number of aryl methyl sites for hydroxylation is 2. The first kappa shape index (κ1) is 22.0. The van der Waals surface area contributed by atoms with Gasteiger partial charge in [-0.05, 0) is 49.9 Å². The number of nitrogens with one attached hydrogen (secondary N) is 1. The zero-order valence-electron chi connectivity index (χ0n) is 19.0. The molecule has 32 heavy (non-hydrogen) atoms. The highest BCUT2D eigenvalue weighted by Gasteiger charge is 2.29. The van der Waals surface area contributed by atoms with Gasteiger partial charge in [-0.1, -0.05) is 30.3 Å². The number of rotatable bonds is 3. The van der Waals surface area contributed by atoms with Crippen molar-refractivity contribution in [2.24, 2.45) is 0 Å². The summed E-state index contributed by atoms with van der Waals surface area (Å²) in [6.45, 7) is 6.26. The standard InChI is InChI=1S/C19H24N4O2.C6H7N/c1-13-6-3-4-8-15(13)16-12-25-17-10-20-19(22-18(17)23(16)2)21-14-7-5-9-24-11-14;1-6-4-2-3-5-7-6/h3-4,6,8,10,14,16H,5,7,9,11-12H2,1-2H3,(H,20,21,22);2-5H,1H3. The number of aromatic nitrogens is 3. The van der Waals surface area contributed by atoms with Crippen LogP contribution in [0, 0.1) is 13.8 Å². The highest BCUT2D eigenvalue weighted by molar-refractivity contribution is 5.57. The molecule has 168 valence electrons. The molecule has 1 aromatic carbocycles. The van der Waals surface area contributed by atoms with Crippen molar-refractivity contribution in [2.45, 2.75) is 38.8 Å². The summed E-state index contributed by atoms with van der Waals surface area (Å²) in [7, 11) is 2.07. The third kappa shape index (κ3) is 5.34. The van der Waals surface area contributed by atoms with E-state index in [1.54, 1.807) is 12.4 Å². The number of nitrogens with zero attached hydrogens (tertiary/aromatic N) is 4. The first-order valence-corrected chi connectivity index (χ1v) is 11.1. The van der Waals surface area contributed by atoms with E-state index in [-0.39, 0.29) is 12.1 Å². The zero-order valence-corrected chi connectivity index (χ0v) is 19.0. The Kier molecular flexibility index (Phi) is 7.17. The van der Waals surface area contributed by atoms with Crippen LogP contribution in [0.25, 0.3) is 0 Å². The van der Waals surface area contributed by atoms with E-state index in [0.717, 1.165) is 36.7 Å². The minimum Gasteiger partial charge on any atom is -0.486 e. The van der Waals surface area contributed by atoms with E-state index >= 15 is 0 Å². The fourth-order valence-corrected chi connectivity index (χ4v) is 3.96. The summed E-state index contributed by atoms with van der Waals surface area (Å²) in [5.41, 5.74) is 3.60. The second-order valence-corrected chi connectivity index (χ2v) is 8.21. The molecule has 1 N–H and O–H groups in total. The minimum absolute atomic E-state index is 0.148. The predicted molar refractivity (Wildman–Crippen MR) is 126 cm³/mol. The molecule has 0 aliphatic carbocycles. The average Bonchev–Trinajstić information content (AvgIpc) is 2.82. The van der Waals surface area contributed by atoms with Gasteiger partial charge in [-0.25, -0.2) is 4.98 Å². The van der Waals surface area contributed by atoms with Crippen molar-refractivity contribution in [2.75, 3.05) is 37.1 Å². The number of ether oxygens (including phenoxy) is 2. The van der Waals surface area contributed by atoms with Crippen LogP contribution in [0.1, 0.15) is 35.7 Å². The Morgan fingerprint density at radius 3 is 2.56 bits per heavy atom. The molecule has 0 amide bonds. The topological polar surface area (TPSA) is 72.4 Å². The van der Waals surface area contributed by atoms with Gasteiger partial charge in [-0.2, -0.15) is 4.98 Å². The van der Waals surface area contributed by atoms with Gasteiger partial charge < -0.3 is 19.7 Å². The smallest absolute Gasteiger partial charge is 0.225 e. The van der Waals surface area contributed by atoms with Crippen LogP contribution in [0.5, 0.6) is 5.75 Å². The quantitative estimate of drug-likeness (QED) is 0.659. The summed E-state index contributed by atoms with van der Waals surface area (Å²) < 4.78 is 11.5. The van der Waals surface area contributed by atoms with Gasteiger partial charge in [-0.15, -0.1) is 0 Å². The summed E-state index contributed by atoms with van der Waals surface area (Å²) in [6.07, 6.45) is 5.70. The van der Waals surface area contributed by atoms with Crippen molar-refractivity contribution in [3.05, 3.63) is 71.7 Å². The van der Waals surface area contributed by atoms with Crippen LogP contribution >= 0.6 is 0 Å².